The second kappa shape index (κ2) is 5.04. The van der Waals surface area contributed by atoms with E-state index in [4.69, 9.17) is 4.52 Å². The summed E-state index contributed by atoms with van der Waals surface area (Å²) in [5, 5.41) is 13.8. The zero-order chi connectivity index (χ0) is 16.1. The van der Waals surface area contributed by atoms with Crippen LogP contribution in [0.4, 0.5) is 0 Å². The Morgan fingerprint density at radius 3 is 2.83 bits per heavy atom. The first kappa shape index (κ1) is 14.2. The average Bonchev–Trinajstić information content (AvgIpc) is 3.14. The highest BCUT2D eigenvalue weighted by Crippen LogP contribution is 2.40. The molecular weight excluding hydrogens is 298 g/mol. The summed E-state index contributed by atoms with van der Waals surface area (Å²) in [5.41, 5.74) is 2.26. The summed E-state index contributed by atoms with van der Waals surface area (Å²) in [4.78, 5) is 30.3. The van der Waals surface area contributed by atoms with E-state index in [0.29, 0.717) is 47.7 Å². The minimum atomic E-state index is -0.953. The van der Waals surface area contributed by atoms with Crippen LogP contribution in [0.25, 0.3) is 11.1 Å². The number of aromatic nitrogens is 2. The molecule has 1 aliphatic carbocycles. The van der Waals surface area contributed by atoms with Gasteiger partial charge in [-0.05, 0) is 38.7 Å². The third kappa shape index (κ3) is 2.27. The zero-order valence-corrected chi connectivity index (χ0v) is 12.8. The van der Waals surface area contributed by atoms with Crippen molar-refractivity contribution >= 4 is 23.0 Å². The Bertz CT molecular complexity index is 809. The number of carbonyl (C=O) groups is 2. The number of amides is 1. The number of rotatable bonds is 3. The molecule has 1 saturated heterocycles. The predicted molar refractivity (Wildman–Crippen MR) is 80.2 cm³/mol. The molecule has 4 rings (SSSR count). The summed E-state index contributed by atoms with van der Waals surface area (Å²) >= 11 is 0. The van der Waals surface area contributed by atoms with Gasteiger partial charge in [0, 0.05) is 18.2 Å². The first-order valence-corrected chi connectivity index (χ1v) is 7.87. The highest BCUT2D eigenvalue weighted by Gasteiger charge is 2.36. The van der Waals surface area contributed by atoms with Crippen LogP contribution in [-0.2, 0) is 4.79 Å². The van der Waals surface area contributed by atoms with Gasteiger partial charge in [-0.25, -0.2) is 9.78 Å². The lowest BCUT2D eigenvalue weighted by molar-refractivity contribution is -0.141. The monoisotopic (exact) mass is 315 g/mol. The van der Waals surface area contributed by atoms with Gasteiger partial charge in [0.15, 0.2) is 0 Å². The van der Waals surface area contributed by atoms with Crippen LogP contribution < -0.4 is 0 Å². The molecule has 2 aliphatic rings. The summed E-state index contributed by atoms with van der Waals surface area (Å²) in [5.74, 6) is -0.855. The summed E-state index contributed by atoms with van der Waals surface area (Å²) in [6, 6.07) is 1.04. The quantitative estimate of drug-likeness (QED) is 0.931. The van der Waals surface area contributed by atoms with Crippen molar-refractivity contribution < 1.29 is 19.2 Å². The fourth-order valence-corrected chi connectivity index (χ4v) is 3.29. The number of carboxylic acid groups (broad SMARTS) is 1. The van der Waals surface area contributed by atoms with E-state index in [0.717, 1.165) is 18.5 Å². The Morgan fingerprint density at radius 2 is 2.13 bits per heavy atom. The van der Waals surface area contributed by atoms with Crippen LogP contribution >= 0.6 is 0 Å². The summed E-state index contributed by atoms with van der Waals surface area (Å²) in [7, 11) is 0. The van der Waals surface area contributed by atoms with Gasteiger partial charge in [0.2, 0.25) is 0 Å². The van der Waals surface area contributed by atoms with E-state index in [1.54, 1.807) is 13.0 Å². The van der Waals surface area contributed by atoms with Crippen LogP contribution in [0.2, 0.25) is 0 Å². The Morgan fingerprint density at radius 1 is 1.35 bits per heavy atom. The van der Waals surface area contributed by atoms with Crippen molar-refractivity contribution in [1.29, 1.82) is 0 Å². The van der Waals surface area contributed by atoms with Crippen molar-refractivity contribution in [2.24, 2.45) is 0 Å². The second-order valence-corrected chi connectivity index (χ2v) is 6.31. The van der Waals surface area contributed by atoms with Gasteiger partial charge in [0.1, 0.15) is 6.04 Å². The topological polar surface area (TPSA) is 96.5 Å². The van der Waals surface area contributed by atoms with Crippen LogP contribution in [-0.4, -0.2) is 44.6 Å². The Balaban J connectivity index is 1.81. The van der Waals surface area contributed by atoms with E-state index in [9.17, 15) is 14.7 Å². The van der Waals surface area contributed by atoms with Crippen molar-refractivity contribution in [3.63, 3.8) is 0 Å². The Kier molecular flexibility index (Phi) is 3.11. The number of carboxylic acids is 1. The smallest absolute Gasteiger partial charge is 0.326 e. The average molecular weight is 315 g/mol. The highest BCUT2D eigenvalue weighted by atomic mass is 16.5. The van der Waals surface area contributed by atoms with Gasteiger partial charge in [-0.15, -0.1) is 0 Å². The molecular formula is C16H17N3O4. The maximum atomic E-state index is 13.0. The molecule has 0 spiro atoms. The number of hydrogen-bond donors (Lipinski definition) is 1. The number of fused-ring (bicyclic) bond motifs is 1. The molecule has 1 unspecified atom stereocenters. The van der Waals surface area contributed by atoms with E-state index >= 15 is 0 Å². The minimum absolute atomic E-state index is 0.268. The normalized spacial score (nSPS) is 21.1. The molecule has 1 amide bonds. The lowest BCUT2D eigenvalue weighted by Gasteiger charge is -2.22. The number of hydrogen-bond acceptors (Lipinski definition) is 5. The molecule has 23 heavy (non-hydrogen) atoms. The second-order valence-electron chi connectivity index (χ2n) is 6.31. The van der Waals surface area contributed by atoms with Gasteiger partial charge >= 0.3 is 5.97 Å². The lowest BCUT2D eigenvalue weighted by atomic mass is 10.1. The van der Waals surface area contributed by atoms with Crippen molar-refractivity contribution in [2.45, 2.75) is 44.6 Å². The van der Waals surface area contributed by atoms with Crippen molar-refractivity contribution in [2.75, 3.05) is 6.54 Å². The van der Waals surface area contributed by atoms with E-state index in [1.165, 1.54) is 4.90 Å². The summed E-state index contributed by atoms with van der Waals surface area (Å²) < 4.78 is 5.25. The SMILES string of the molecule is Cc1noc2nc(C3CC3)cc(C(=O)N3CCCC3C(=O)O)c12. The molecule has 3 heterocycles. The van der Waals surface area contributed by atoms with Gasteiger partial charge in [0.05, 0.1) is 16.6 Å². The molecule has 0 aromatic carbocycles. The largest absolute Gasteiger partial charge is 0.480 e. The van der Waals surface area contributed by atoms with Crippen LogP contribution in [0.15, 0.2) is 10.6 Å². The van der Waals surface area contributed by atoms with Crippen molar-refractivity contribution in [3.8, 4) is 0 Å². The minimum Gasteiger partial charge on any atom is -0.480 e. The number of likely N-dealkylation sites (tertiary alicyclic amines) is 1. The van der Waals surface area contributed by atoms with Gasteiger partial charge in [-0.2, -0.15) is 0 Å². The molecule has 2 fully saturated rings. The van der Waals surface area contributed by atoms with Gasteiger partial charge < -0.3 is 14.5 Å². The Hall–Kier alpha value is -2.44. The Labute approximate surface area is 132 Å². The molecule has 7 heteroatoms. The van der Waals surface area contributed by atoms with Crippen molar-refractivity contribution in [1.82, 2.24) is 15.0 Å². The van der Waals surface area contributed by atoms with Gasteiger partial charge in [-0.3, -0.25) is 4.79 Å². The molecule has 0 radical (unpaired) electrons. The molecule has 1 N–H and O–H groups in total. The summed E-state index contributed by atoms with van der Waals surface area (Å²) in [6.45, 7) is 2.22. The fourth-order valence-electron chi connectivity index (χ4n) is 3.29. The maximum Gasteiger partial charge on any atom is 0.326 e. The van der Waals surface area contributed by atoms with E-state index in [-0.39, 0.29) is 5.91 Å². The molecule has 120 valence electrons. The molecule has 2 aromatic heterocycles. The van der Waals surface area contributed by atoms with Gasteiger partial charge in [0.25, 0.3) is 11.6 Å². The van der Waals surface area contributed by atoms with E-state index < -0.39 is 12.0 Å². The van der Waals surface area contributed by atoms with E-state index in [1.807, 2.05) is 0 Å². The van der Waals surface area contributed by atoms with Crippen LogP contribution in [0.1, 0.15) is 53.3 Å². The van der Waals surface area contributed by atoms with Crippen LogP contribution in [0.3, 0.4) is 0 Å². The number of aliphatic carboxylic acids is 1. The maximum absolute atomic E-state index is 13.0. The standard InChI is InChI=1S/C16H17N3O4/c1-8-13-10(15(20)19-6-2-3-12(19)16(21)22)7-11(9-4-5-9)17-14(13)23-18-8/h7,9,12H,2-6H2,1H3,(H,21,22). The molecule has 0 bridgehead atoms. The first-order valence-electron chi connectivity index (χ1n) is 7.87. The highest BCUT2D eigenvalue weighted by molar-refractivity contribution is 6.07. The number of pyridine rings is 1. The molecule has 1 saturated carbocycles. The molecule has 7 nitrogen and oxygen atoms in total. The number of carbonyl (C=O) groups excluding carboxylic acids is 1. The molecule has 1 atom stereocenters. The van der Waals surface area contributed by atoms with Gasteiger partial charge in [-0.1, -0.05) is 5.16 Å². The summed E-state index contributed by atoms with van der Waals surface area (Å²) in [6.07, 6.45) is 3.31. The van der Waals surface area contributed by atoms with E-state index in [2.05, 4.69) is 10.1 Å². The lowest BCUT2D eigenvalue weighted by Crippen LogP contribution is -2.40. The predicted octanol–water partition coefficient (Wildman–Crippen LogP) is 2.10. The zero-order valence-electron chi connectivity index (χ0n) is 12.8. The number of aryl methyl sites for hydroxylation is 1. The van der Waals surface area contributed by atoms with Crippen molar-refractivity contribution in [3.05, 3.63) is 23.0 Å². The third-order valence-electron chi connectivity index (χ3n) is 4.66. The fraction of sp³-hybridized carbons (Fsp3) is 0.500. The molecule has 1 aliphatic heterocycles. The van der Waals surface area contributed by atoms with Crippen LogP contribution in [0.5, 0.6) is 0 Å². The van der Waals surface area contributed by atoms with Crippen LogP contribution in [0, 0.1) is 6.92 Å². The third-order valence-corrected chi connectivity index (χ3v) is 4.66. The number of nitrogens with zero attached hydrogens (tertiary/aromatic N) is 3. The molecule has 2 aromatic rings. The first-order chi connectivity index (χ1) is 11.1.